The third-order valence-corrected chi connectivity index (χ3v) is 3.93. The van der Waals surface area contributed by atoms with Gasteiger partial charge in [0.1, 0.15) is 11.6 Å². The Morgan fingerprint density at radius 2 is 2.32 bits per heavy atom. The van der Waals surface area contributed by atoms with Crippen molar-refractivity contribution in [2.24, 2.45) is 5.92 Å². The van der Waals surface area contributed by atoms with Crippen molar-refractivity contribution in [2.75, 3.05) is 26.8 Å². The average molecular weight is 267 g/mol. The number of rotatable bonds is 4. The zero-order valence-corrected chi connectivity index (χ0v) is 11.6. The fourth-order valence-electron chi connectivity index (χ4n) is 2.87. The van der Waals surface area contributed by atoms with Crippen molar-refractivity contribution in [1.82, 2.24) is 4.90 Å². The van der Waals surface area contributed by atoms with Crippen molar-refractivity contribution in [3.63, 3.8) is 0 Å². The third kappa shape index (κ3) is 3.45. The maximum absolute atomic E-state index is 13.9. The molecule has 4 heteroatoms. The molecule has 3 nitrogen and oxygen atoms in total. The first-order valence-corrected chi connectivity index (χ1v) is 6.83. The summed E-state index contributed by atoms with van der Waals surface area (Å²) in [5, 5.41) is 9.27. The zero-order valence-electron chi connectivity index (χ0n) is 11.6. The van der Waals surface area contributed by atoms with E-state index in [0.717, 1.165) is 26.1 Å². The van der Waals surface area contributed by atoms with Crippen molar-refractivity contribution in [1.29, 1.82) is 0 Å². The lowest BCUT2D eigenvalue weighted by Gasteiger charge is -2.36. The van der Waals surface area contributed by atoms with Gasteiger partial charge >= 0.3 is 0 Å². The summed E-state index contributed by atoms with van der Waals surface area (Å²) in [6, 6.07) is 4.43. The Bertz CT molecular complexity index is 423. The van der Waals surface area contributed by atoms with Gasteiger partial charge in [-0.05, 0) is 38.3 Å². The molecule has 0 amide bonds. The molecule has 0 aliphatic carbocycles. The van der Waals surface area contributed by atoms with Gasteiger partial charge in [-0.1, -0.05) is 6.07 Å². The minimum atomic E-state index is -0.332. The molecule has 1 aliphatic rings. The molecule has 2 atom stereocenters. The highest BCUT2D eigenvalue weighted by Gasteiger charge is 2.25. The highest BCUT2D eigenvalue weighted by Crippen LogP contribution is 2.29. The first-order valence-electron chi connectivity index (χ1n) is 6.83. The molecule has 1 aromatic carbocycles. The van der Waals surface area contributed by atoms with Crippen LogP contribution in [0.2, 0.25) is 0 Å². The van der Waals surface area contributed by atoms with E-state index in [0.29, 0.717) is 11.5 Å². The topological polar surface area (TPSA) is 32.7 Å². The molecule has 19 heavy (non-hydrogen) atoms. The summed E-state index contributed by atoms with van der Waals surface area (Å²) in [6.45, 7) is 4.71. The van der Waals surface area contributed by atoms with Crippen LogP contribution >= 0.6 is 0 Å². The standard InChI is InChI=1S/C15H22FNO2/c1-11(14-6-5-13(18)8-15(14)16)17-7-3-4-12(9-17)10-19-2/h5-6,8,11-12,18H,3-4,7,9-10H2,1-2H3. The molecule has 106 valence electrons. The first-order chi connectivity index (χ1) is 9.11. The van der Waals surface area contributed by atoms with Crippen molar-refractivity contribution in [3.8, 4) is 5.75 Å². The number of phenols is 1. The Morgan fingerprint density at radius 3 is 3.00 bits per heavy atom. The second-order valence-corrected chi connectivity index (χ2v) is 5.34. The van der Waals surface area contributed by atoms with Gasteiger partial charge in [-0.25, -0.2) is 4.39 Å². The Kier molecular flexibility index (Phi) is 4.77. The molecule has 1 heterocycles. The number of aromatic hydroxyl groups is 1. The Morgan fingerprint density at radius 1 is 1.53 bits per heavy atom. The number of ether oxygens (including phenoxy) is 1. The van der Waals surface area contributed by atoms with Gasteiger partial charge in [-0.3, -0.25) is 4.90 Å². The highest BCUT2D eigenvalue weighted by molar-refractivity contribution is 5.29. The molecule has 1 saturated heterocycles. The second-order valence-electron chi connectivity index (χ2n) is 5.34. The van der Waals surface area contributed by atoms with E-state index in [1.807, 2.05) is 6.92 Å². The molecule has 1 aliphatic heterocycles. The smallest absolute Gasteiger partial charge is 0.131 e. The average Bonchev–Trinajstić information content (AvgIpc) is 2.39. The summed E-state index contributed by atoms with van der Waals surface area (Å²) in [7, 11) is 1.72. The normalized spacial score (nSPS) is 22.4. The lowest BCUT2D eigenvalue weighted by Crippen LogP contribution is -2.38. The quantitative estimate of drug-likeness (QED) is 0.910. The molecule has 2 rings (SSSR count). The molecule has 0 bridgehead atoms. The Hall–Kier alpha value is -1.13. The van der Waals surface area contributed by atoms with E-state index in [9.17, 15) is 9.50 Å². The van der Waals surface area contributed by atoms with Gasteiger partial charge in [0.05, 0.1) is 6.61 Å². The third-order valence-electron chi connectivity index (χ3n) is 3.93. The van der Waals surface area contributed by atoms with Crippen LogP contribution in [0.5, 0.6) is 5.75 Å². The fourth-order valence-corrected chi connectivity index (χ4v) is 2.87. The van der Waals surface area contributed by atoms with Crippen LogP contribution in [0.1, 0.15) is 31.4 Å². The van der Waals surface area contributed by atoms with Crippen LogP contribution in [-0.4, -0.2) is 36.8 Å². The van der Waals surface area contributed by atoms with Crippen LogP contribution in [0.25, 0.3) is 0 Å². The monoisotopic (exact) mass is 267 g/mol. The number of benzene rings is 1. The molecule has 1 aromatic rings. The largest absolute Gasteiger partial charge is 0.508 e. The summed E-state index contributed by atoms with van der Waals surface area (Å²) in [5.41, 5.74) is 0.649. The molecule has 0 saturated carbocycles. The number of methoxy groups -OCH3 is 1. The van der Waals surface area contributed by atoms with Gasteiger partial charge in [0.15, 0.2) is 0 Å². The van der Waals surface area contributed by atoms with Gasteiger partial charge in [0, 0.05) is 31.3 Å². The van der Waals surface area contributed by atoms with E-state index < -0.39 is 0 Å². The van der Waals surface area contributed by atoms with Gasteiger partial charge in [0.25, 0.3) is 0 Å². The van der Waals surface area contributed by atoms with Crippen molar-refractivity contribution in [2.45, 2.75) is 25.8 Å². The minimum absolute atomic E-state index is 0.0237. The molecule has 0 radical (unpaired) electrons. The van der Waals surface area contributed by atoms with Crippen LogP contribution in [0.3, 0.4) is 0 Å². The fraction of sp³-hybridized carbons (Fsp3) is 0.600. The van der Waals surface area contributed by atoms with Gasteiger partial charge in [-0.15, -0.1) is 0 Å². The number of hydrogen-bond donors (Lipinski definition) is 1. The van der Waals surface area contributed by atoms with Crippen LogP contribution in [0.4, 0.5) is 4.39 Å². The van der Waals surface area contributed by atoms with Crippen LogP contribution < -0.4 is 0 Å². The number of piperidine rings is 1. The van der Waals surface area contributed by atoms with Crippen LogP contribution in [0.15, 0.2) is 18.2 Å². The number of likely N-dealkylation sites (tertiary alicyclic amines) is 1. The molecule has 2 unspecified atom stereocenters. The number of nitrogens with zero attached hydrogens (tertiary/aromatic N) is 1. The van der Waals surface area contributed by atoms with Crippen LogP contribution in [-0.2, 0) is 4.74 Å². The van der Waals surface area contributed by atoms with E-state index in [4.69, 9.17) is 4.74 Å². The van der Waals surface area contributed by atoms with Gasteiger partial charge in [-0.2, -0.15) is 0 Å². The lowest BCUT2D eigenvalue weighted by atomic mass is 9.95. The number of phenolic OH excluding ortho intramolecular Hbond substituents is 1. The zero-order chi connectivity index (χ0) is 13.8. The van der Waals surface area contributed by atoms with Gasteiger partial charge in [0.2, 0.25) is 0 Å². The second kappa shape index (κ2) is 6.35. The first kappa shape index (κ1) is 14.3. The van der Waals surface area contributed by atoms with Crippen molar-refractivity contribution < 1.29 is 14.2 Å². The van der Waals surface area contributed by atoms with Crippen molar-refractivity contribution >= 4 is 0 Å². The SMILES string of the molecule is COCC1CCCN(C(C)c2ccc(O)cc2F)C1. The van der Waals surface area contributed by atoms with E-state index in [1.165, 1.54) is 12.5 Å². The highest BCUT2D eigenvalue weighted by atomic mass is 19.1. The summed E-state index contributed by atoms with van der Waals surface area (Å²) < 4.78 is 19.1. The molecule has 1 N–H and O–H groups in total. The summed E-state index contributed by atoms with van der Waals surface area (Å²) in [5.74, 6) is 0.173. The summed E-state index contributed by atoms with van der Waals surface area (Å²) in [6.07, 6.45) is 2.30. The van der Waals surface area contributed by atoms with E-state index in [2.05, 4.69) is 4.90 Å². The van der Waals surface area contributed by atoms with Gasteiger partial charge < -0.3 is 9.84 Å². The van der Waals surface area contributed by atoms with Crippen molar-refractivity contribution in [3.05, 3.63) is 29.6 Å². The lowest BCUT2D eigenvalue weighted by molar-refractivity contribution is 0.0713. The molecular formula is C15H22FNO2. The van der Waals surface area contributed by atoms with E-state index >= 15 is 0 Å². The Balaban J connectivity index is 2.07. The summed E-state index contributed by atoms with van der Waals surface area (Å²) in [4.78, 5) is 2.29. The molecular weight excluding hydrogens is 245 g/mol. The maximum Gasteiger partial charge on any atom is 0.131 e. The molecule has 0 spiro atoms. The predicted molar refractivity (Wildman–Crippen MR) is 72.7 cm³/mol. The number of halogens is 1. The Labute approximate surface area is 114 Å². The summed E-state index contributed by atoms with van der Waals surface area (Å²) >= 11 is 0. The van der Waals surface area contributed by atoms with Crippen LogP contribution in [0, 0.1) is 11.7 Å². The van der Waals surface area contributed by atoms with E-state index in [1.54, 1.807) is 19.2 Å². The maximum atomic E-state index is 13.9. The molecule has 0 aromatic heterocycles. The predicted octanol–water partition coefficient (Wildman–Crippen LogP) is 2.95. The molecule has 1 fully saturated rings. The number of hydrogen-bond acceptors (Lipinski definition) is 3. The van der Waals surface area contributed by atoms with E-state index in [-0.39, 0.29) is 17.6 Å². The minimum Gasteiger partial charge on any atom is -0.508 e.